The molecule has 2 aliphatic heterocycles. The number of para-hydroxylation sites is 2. The number of benzene rings is 1. The number of rotatable bonds is 5. The van der Waals surface area contributed by atoms with Gasteiger partial charge in [0.2, 0.25) is 5.91 Å². The first-order valence-electron chi connectivity index (χ1n) is 7.73. The molecule has 4 amide bonds. The third-order valence-corrected chi connectivity index (χ3v) is 4.18. The molecule has 1 aromatic rings. The molecule has 1 atom stereocenters. The number of hydrogen-bond donors (Lipinski definition) is 1. The number of carbonyl (C=O) groups excluding carboxylic acids is 3. The van der Waals surface area contributed by atoms with Crippen LogP contribution in [0.4, 0.5) is 4.79 Å². The van der Waals surface area contributed by atoms with Crippen LogP contribution in [0, 0.1) is 0 Å². The average molecular weight is 333 g/mol. The Bertz CT molecular complexity index is 647. The highest BCUT2D eigenvalue weighted by molar-refractivity contribution is 6.02. The fraction of sp³-hybridized carbons (Fsp3) is 0.438. The Hall–Kier alpha value is -2.77. The summed E-state index contributed by atoms with van der Waals surface area (Å²) in [5.74, 6) is 0.627. The van der Waals surface area contributed by atoms with Gasteiger partial charge in [-0.05, 0) is 18.6 Å². The van der Waals surface area contributed by atoms with Crippen LogP contribution in [0.5, 0.6) is 11.5 Å². The Kier molecular flexibility index (Phi) is 4.54. The highest BCUT2D eigenvalue weighted by Gasteiger charge is 2.39. The number of imide groups is 1. The smallest absolute Gasteiger partial charge is 0.324 e. The molecule has 8 nitrogen and oxygen atoms in total. The van der Waals surface area contributed by atoms with E-state index in [0.717, 1.165) is 0 Å². The van der Waals surface area contributed by atoms with Gasteiger partial charge < -0.3 is 19.7 Å². The van der Waals surface area contributed by atoms with E-state index in [-0.39, 0.29) is 37.0 Å². The van der Waals surface area contributed by atoms with Crippen LogP contribution in [0.3, 0.4) is 0 Å². The minimum absolute atomic E-state index is 0.0280. The normalized spacial score (nSPS) is 20.3. The van der Waals surface area contributed by atoms with E-state index in [1.807, 2.05) is 6.07 Å². The van der Waals surface area contributed by atoms with Crippen molar-refractivity contribution in [1.82, 2.24) is 15.1 Å². The molecule has 0 aliphatic carbocycles. The highest BCUT2D eigenvalue weighted by Crippen LogP contribution is 2.26. The van der Waals surface area contributed by atoms with Crippen molar-refractivity contribution in [1.29, 1.82) is 0 Å². The average Bonchev–Trinajstić information content (AvgIpc) is 3.19. The largest absolute Gasteiger partial charge is 0.493 e. The molecule has 0 bridgehead atoms. The lowest BCUT2D eigenvalue weighted by Crippen LogP contribution is -2.43. The van der Waals surface area contributed by atoms with Gasteiger partial charge in [0.15, 0.2) is 18.1 Å². The summed E-state index contributed by atoms with van der Waals surface area (Å²) in [5, 5.41) is 2.50. The van der Waals surface area contributed by atoms with Gasteiger partial charge in [-0.1, -0.05) is 12.1 Å². The molecule has 1 unspecified atom stereocenters. The lowest BCUT2D eigenvalue weighted by atomic mass is 10.2. The second kappa shape index (κ2) is 6.77. The molecule has 0 spiro atoms. The van der Waals surface area contributed by atoms with Crippen LogP contribution in [0.25, 0.3) is 0 Å². The zero-order chi connectivity index (χ0) is 17.1. The number of amides is 4. The molecule has 2 fully saturated rings. The summed E-state index contributed by atoms with van der Waals surface area (Å²) in [6.45, 7) is 0.747. The minimum atomic E-state index is -0.385. The van der Waals surface area contributed by atoms with Crippen molar-refractivity contribution >= 4 is 17.8 Å². The number of methoxy groups -OCH3 is 1. The van der Waals surface area contributed by atoms with E-state index < -0.39 is 0 Å². The Labute approximate surface area is 139 Å². The van der Waals surface area contributed by atoms with Crippen molar-refractivity contribution in [3.05, 3.63) is 24.3 Å². The lowest BCUT2D eigenvalue weighted by Gasteiger charge is -2.21. The Morgan fingerprint density at radius 2 is 2.04 bits per heavy atom. The Morgan fingerprint density at radius 1 is 1.29 bits per heavy atom. The van der Waals surface area contributed by atoms with Gasteiger partial charge >= 0.3 is 6.03 Å². The highest BCUT2D eigenvalue weighted by atomic mass is 16.5. The zero-order valence-electron chi connectivity index (χ0n) is 13.4. The Balaban J connectivity index is 1.55. The van der Waals surface area contributed by atoms with Gasteiger partial charge in [-0.25, -0.2) is 4.79 Å². The number of ether oxygens (including phenoxy) is 2. The molecule has 2 saturated heterocycles. The van der Waals surface area contributed by atoms with Crippen molar-refractivity contribution in [2.75, 3.05) is 33.4 Å². The Morgan fingerprint density at radius 3 is 2.71 bits per heavy atom. The molecule has 0 aromatic heterocycles. The minimum Gasteiger partial charge on any atom is -0.493 e. The third kappa shape index (κ3) is 3.12. The van der Waals surface area contributed by atoms with Gasteiger partial charge in [0, 0.05) is 13.1 Å². The quantitative estimate of drug-likeness (QED) is 0.779. The lowest BCUT2D eigenvalue weighted by molar-refractivity contribution is -0.133. The van der Waals surface area contributed by atoms with Crippen LogP contribution in [0.2, 0.25) is 0 Å². The monoisotopic (exact) mass is 333 g/mol. The number of urea groups is 1. The number of carbonyl (C=O) groups is 3. The summed E-state index contributed by atoms with van der Waals surface area (Å²) in [7, 11) is 1.53. The van der Waals surface area contributed by atoms with Crippen LogP contribution in [0.1, 0.15) is 6.42 Å². The van der Waals surface area contributed by atoms with E-state index in [1.165, 1.54) is 12.0 Å². The maximum Gasteiger partial charge on any atom is 0.324 e. The summed E-state index contributed by atoms with van der Waals surface area (Å²) in [5.41, 5.74) is 0. The van der Waals surface area contributed by atoms with E-state index in [1.54, 1.807) is 23.1 Å². The van der Waals surface area contributed by atoms with Crippen LogP contribution in [0.15, 0.2) is 24.3 Å². The molecule has 0 radical (unpaired) electrons. The van der Waals surface area contributed by atoms with E-state index in [4.69, 9.17) is 9.47 Å². The summed E-state index contributed by atoms with van der Waals surface area (Å²) in [4.78, 5) is 38.5. The van der Waals surface area contributed by atoms with Crippen molar-refractivity contribution in [3.8, 4) is 11.5 Å². The molecule has 8 heteroatoms. The predicted molar refractivity (Wildman–Crippen MR) is 83.7 cm³/mol. The summed E-state index contributed by atoms with van der Waals surface area (Å²) in [6, 6.07) is 6.44. The van der Waals surface area contributed by atoms with Crippen molar-refractivity contribution in [2.45, 2.75) is 12.5 Å². The summed E-state index contributed by atoms with van der Waals surface area (Å²) in [6.07, 6.45) is 0.583. The molecular formula is C16H19N3O5. The maximum atomic E-state index is 12.3. The van der Waals surface area contributed by atoms with E-state index in [0.29, 0.717) is 31.0 Å². The first-order chi connectivity index (χ1) is 11.6. The second-order valence-electron chi connectivity index (χ2n) is 5.64. The molecule has 2 aliphatic rings. The number of nitrogens with zero attached hydrogens (tertiary/aromatic N) is 2. The van der Waals surface area contributed by atoms with Crippen molar-refractivity contribution < 1.29 is 23.9 Å². The zero-order valence-corrected chi connectivity index (χ0v) is 13.4. The van der Waals surface area contributed by atoms with Gasteiger partial charge in [0.25, 0.3) is 5.91 Å². The van der Waals surface area contributed by atoms with Crippen LogP contribution in [-0.4, -0.2) is 67.0 Å². The van der Waals surface area contributed by atoms with E-state index in [2.05, 4.69) is 5.32 Å². The second-order valence-corrected chi connectivity index (χ2v) is 5.64. The van der Waals surface area contributed by atoms with Gasteiger partial charge in [-0.3, -0.25) is 14.5 Å². The van der Waals surface area contributed by atoms with E-state index in [9.17, 15) is 14.4 Å². The molecular weight excluding hydrogens is 314 g/mol. The molecule has 128 valence electrons. The molecule has 2 heterocycles. The van der Waals surface area contributed by atoms with Crippen molar-refractivity contribution in [3.63, 3.8) is 0 Å². The molecule has 24 heavy (non-hydrogen) atoms. The van der Waals surface area contributed by atoms with E-state index >= 15 is 0 Å². The number of likely N-dealkylation sites (tertiary alicyclic amines) is 1. The topological polar surface area (TPSA) is 88.2 Å². The van der Waals surface area contributed by atoms with Crippen LogP contribution < -0.4 is 14.8 Å². The first kappa shape index (κ1) is 16.1. The SMILES string of the molecule is COc1ccccc1OCC(=O)N1CCC(N2C(=O)CNC2=O)C1. The summed E-state index contributed by atoms with van der Waals surface area (Å²) >= 11 is 0. The fourth-order valence-electron chi connectivity index (χ4n) is 2.95. The predicted octanol–water partition coefficient (Wildman–Crippen LogP) is 0.227. The third-order valence-electron chi connectivity index (χ3n) is 4.18. The van der Waals surface area contributed by atoms with Crippen LogP contribution >= 0.6 is 0 Å². The molecule has 1 N–H and O–H groups in total. The van der Waals surface area contributed by atoms with Crippen molar-refractivity contribution in [2.24, 2.45) is 0 Å². The van der Waals surface area contributed by atoms with Gasteiger partial charge in [-0.15, -0.1) is 0 Å². The number of nitrogens with one attached hydrogen (secondary N) is 1. The molecule has 0 saturated carbocycles. The van der Waals surface area contributed by atoms with Gasteiger partial charge in [0.05, 0.1) is 19.7 Å². The first-order valence-corrected chi connectivity index (χ1v) is 7.73. The maximum absolute atomic E-state index is 12.3. The molecule has 3 rings (SSSR count). The molecule has 1 aromatic carbocycles. The standard InChI is InChI=1S/C16H19N3O5/c1-23-12-4-2-3-5-13(12)24-10-15(21)18-7-6-11(9-18)19-14(20)8-17-16(19)22/h2-5,11H,6-10H2,1H3,(H,17,22). The van der Waals surface area contributed by atoms with Crippen LogP contribution in [-0.2, 0) is 9.59 Å². The van der Waals surface area contributed by atoms with Gasteiger partial charge in [-0.2, -0.15) is 0 Å². The number of hydrogen-bond acceptors (Lipinski definition) is 5. The van der Waals surface area contributed by atoms with Gasteiger partial charge in [0.1, 0.15) is 0 Å². The fourth-order valence-corrected chi connectivity index (χ4v) is 2.95. The summed E-state index contributed by atoms with van der Waals surface area (Å²) < 4.78 is 10.7.